The summed E-state index contributed by atoms with van der Waals surface area (Å²) in [6.07, 6.45) is 1.60. The summed E-state index contributed by atoms with van der Waals surface area (Å²) in [4.78, 5) is 13.8. The van der Waals surface area contributed by atoms with Gasteiger partial charge in [-0.3, -0.25) is 4.79 Å². The summed E-state index contributed by atoms with van der Waals surface area (Å²) in [7, 11) is 1.84. The molecular weight excluding hydrogens is 284 g/mol. The molecule has 0 aliphatic carbocycles. The van der Waals surface area contributed by atoms with Gasteiger partial charge in [-0.2, -0.15) is 5.10 Å². The number of rotatable bonds is 5. The number of aliphatic hydroxyl groups is 1. The Morgan fingerprint density at radius 3 is 3.15 bits per heavy atom. The van der Waals surface area contributed by atoms with Crippen molar-refractivity contribution in [2.75, 3.05) is 44.8 Å². The summed E-state index contributed by atoms with van der Waals surface area (Å²) >= 11 is 6.09. The van der Waals surface area contributed by atoms with Crippen LogP contribution in [0.5, 0.6) is 0 Å². The Morgan fingerprint density at radius 2 is 2.50 bits per heavy atom. The van der Waals surface area contributed by atoms with Crippen molar-refractivity contribution in [3.05, 3.63) is 21.6 Å². The summed E-state index contributed by atoms with van der Waals surface area (Å²) in [5.74, 6) is 0. The van der Waals surface area contributed by atoms with Crippen molar-refractivity contribution < 1.29 is 9.84 Å². The Balaban J connectivity index is 2.11. The maximum Gasteiger partial charge on any atom is 0.287 e. The topological polar surface area (TPSA) is 79.6 Å². The van der Waals surface area contributed by atoms with Gasteiger partial charge < -0.3 is 20.1 Å². The van der Waals surface area contributed by atoms with Gasteiger partial charge >= 0.3 is 0 Å². The maximum absolute atomic E-state index is 12.0. The monoisotopic (exact) mass is 302 g/mol. The van der Waals surface area contributed by atoms with Crippen LogP contribution in [-0.2, 0) is 11.3 Å². The average molecular weight is 303 g/mol. The van der Waals surface area contributed by atoms with Crippen LogP contribution in [0.1, 0.15) is 0 Å². The Kier molecular flexibility index (Phi) is 5.36. The first kappa shape index (κ1) is 15.2. The molecule has 8 heteroatoms. The highest BCUT2D eigenvalue weighted by molar-refractivity contribution is 6.33. The van der Waals surface area contributed by atoms with Crippen LogP contribution in [0.25, 0.3) is 0 Å². The Morgan fingerprint density at radius 1 is 1.70 bits per heavy atom. The van der Waals surface area contributed by atoms with Crippen LogP contribution >= 0.6 is 11.6 Å². The average Bonchev–Trinajstić information content (AvgIpc) is 2.45. The Labute approximate surface area is 122 Å². The molecule has 0 saturated carbocycles. The first-order valence-electron chi connectivity index (χ1n) is 6.53. The molecule has 0 spiro atoms. The molecule has 7 nitrogen and oxygen atoms in total. The summed E-state index contributed by atoms with van der Waals surface area (Å²) < 4.78 is 6.77. The van der Waals surface area contributed by atoms with Gasteiger partial charge in [0.25, 0.3) is 5.56 Å². The predicted octanol–water partition coefficient (Wildman–Crippen LogP) is -0.686. The third-order valence-corrected chi connectivity index (χ3v) is 3.53. The lowest BCUT2D eigenvalue weighted by molar-refractivity contribution is 0.0340. The fraction of sp³-hybridized carbons (Fsp3) is 0.667. The number of aliphatic hydroxyl groups excluding tert-OH is 1. The number of halogens is 1. The molecule has 1 aliphatic rings. The number of morpholine rings is 1. The first-order valence-corrected chi connectivity index (χ1v) is 6.91. The molecule has 0 radical (unpaired) electrons. The second-order valence-electron chi connectivity index (χ2n) is 4.67. The van der Waals surface area contributed by atoms with E-state index in [0.717, 1.165) is 17.8 Å². The molecule has 2 rings (SSSR count). The smallest absolute Gasteiger partial charge is 0.287 e. The summed E-state index contributed by atoms with van der Waals surface area (Å²) in [6.45, 7) is 2.93. The highest BCUT2D eigenvalue weighted by atomic mass is 35.5. The van der Waals surface area contributed by atoms with E-state index in [-0.39, 0.29) is 24.3 Å². The van der Waals surface area contributed by atoms with Crippen LogP contribution in [0.4, 0.5) is 5.69 Å². The fourth-order valence-electron chi connectivity index (χ4n) is 2.12. The van der Waals surface area contributed by atoms with Gasteiger partial charge in [-0.25, -0.2) is 4.68 Å². The summed E-state index contributed by atoms with van der Waals surface area (Å²) in [6, 6.07) is 0. The molecule has 0 amide bonds. The van der Waals surface area contributed by atoms with E-state index >= 15 is 0 Å². The Hall–Kier alpha value is -1.15. The van der Waals surface area contributed by atoms with Crippen LogP contribution in [0.3, 0.4) is 0 Å². The van der Waals surface area contributed by atoms with Crippen molar-refractivity contribution in [3.63, 3.8) is 0 Å². The van der Waals surface area contributed by atoms with Gasteiger partial charge in [0.1, 0.15) is 5.02 Å². The van der Waals surface area contributed by atoms with Gasteiger partial charge in [0.15, 0.2) is 0 Å². The van der Waals surface area contributed by atoms with Crippen LogP contribution in [-0.4, -0.2) is 60.9 Å². The van der Waals surface area contributed by atoms with Gasteiger partial charge in [0, 0.05) is 26.7 Å². The zero-order chi connectivity index (χ0) is 14.5. The molecule has 0 bridgehead atoms. The van der Waals surface area contributed by atoms with Crippen LogP contribution in [0.15, 0.2) is 11.0 Å². The van der Waals surface area contributed by atoms with E-state index in [1.807, 2.05) is 11.9 Å². The first-order chi connectivity index (χ1) is 9.63. The van der Waals surface area contributed by atoms with E-state index in [1.165, 1.54) is 6.20 Å². The normalized spacial score (nSPS) is 19.1. The maximum atomic E-state index is 12.0. The van der Waals surface area contributed by atoms with Gasteiger partial charge in [-0.15, -0.1) is 0 Å². The quantitative estimate of drug-likeness (QED) is 0.750. The minimum absolute atomic E-state index is 0.0599. The van der Waals surface area contributed by atoms with Crippen LogP contribution < -0.4 is 15.8 Å². The molecule has 1 aliphatic heterocycles. The van der Waals surface area contributed by atoms with E-state index in [2.05, 4.69) is 10.4 Å². The number of nitrogens with one attached hydrogen (secondary N) is 1. The largest absolute Gasteiger partial charge is 0.394 e. The highest BCUT2D eigenvalue weighted by Gasteiger charge is 2.19. The number of aromatic nitrogens is 2. The molecule has 1 fully saturated rings. The van der Waals surface area contributed by atoms with Crippen molar-refractivity contribution in [1.82, 2.24) is 15.1 Å². The number of nitrogens with zero attached hydrogens (tertiary/aromatic N) is 3. The highest BCUT2D eigenvalue weighted by Crippen LogP contribution is 2.20. The van der Waals surface area contributed by atoms with E-state index in [4.69, 9.17) is 21.4 Å². The lowest BCUT2D eigenvalue weighted by Crippen LogP contribution is -2.44. The molecule has 1 atom stereocenters. The van der Waals surface area contributed by atoms with E-state index in [1.54, 1.807) is 0 Å². The predicted molar refractivity (Wildman–Crippen MR) is 76.5 cm³/mol. The molecule has 2 N–H and O–H groups in total. The number of ether oxygens (including phenoxy) is 1. The summed E-state index contributed by atoms with van der Waals surface area (Å²) in [5.41, 5.74) is 0.174. The van der Waals surface area contributed by atoms with Gasteiger partial charge in [-0.05, 0) is 0 Å². The van der Waals surface area contributed by atoms with Crippen molar-refractivity contribution >= 4 is 17.3 Å². The van der Waals surface area contributed by atoms with Gasteiger partial charge in [0.05, 0.1) is 37.7 Å². The van der Waals surface area contributed by atoms with Gasteiger partial charge in [0.2, 0.25) is 0 Å². The van der Waals surface area contributed by atoms with Crippen molar-refractivity contribution in [2.24, 2.45) is 0 Å². The lowest BCUT2D eigenvalue weighted by atomic mass is 10.2. The third-order valence-electron chi connectivity index (χ3n) is 3.17. The molecule has 2 heterocycles. The zero-order valence-corrected chi connectivity index (χ0v) is 12.1. The van der Waals surface area contributed by atoms with Crippen LogP contribution in [0.2, 0.25) is 5.02 Å². The van der Waals surface area contributed by atoms with Crippen LogP contribution in [0, 0.1) is 0 Å². The second kappa shape index (κ2) is 7.03. The standard InChI is InChI=1S/C12H19ClN4O3/c1-16(8-9-6-14-2-5-20-9)10-7-15-17(3-4-18)12(19)11(10)13/h7,9,14,18H,2-6,8H2,1H3. The fourth-order valence-corrected chi connectivity index (χ4v) is 2.41. The number of likely N-dealkylation sites (N-methyl/N-ethyl adjacent to an activating group) is 1. The van der Waals surface area contributed by atoms with Crippen molar-refractivity contribution in [3.8, 4) is 0 Å². The number of hydrogen-bond donors (Lipinski definition) is 2. The van der Waals surface area contributed by atoms with Gasteiger partial charge in [-0.1, -0.05) is 11.6 Å². The molecule has 1 aromatic rings. The van der Waals surface area contributed by atoms with E-state index < -0.39 is 5.56 Å². The third kappa shape index (κ3) is 3.49. The van der Waals surface area contributed by atoms with Crippen molar-refractivity contribution in [2.45, 2.75) is 12.6 Å². The minimum Gasteiger partial charge on any atom is -0.394 e. The molecular formula is C12H19ClN4O3. The molecule has 112 valence electrons. The molecule has 1 aromatic heterocycles. The molecule has 1 saturated heterocycles. The van der Waals surface area contributed by atoms with Crippen molar-refractivity contribution in [1.29, 1.82) is 0 Å². The molecule has 1 unspecified atom stereocenters. The SMILES string of the molecule is CN(CC1CNCCO1)c1cnn(CCO)c(=O)c1Cl. The lowest BCUT2D eigenvalue weighted by Gasteiger charge is -2.29. The number of anilines is 1. The number of hydrogen-bond acceptors (Lipinski definition) is 6. The second-order valence-corrected chi connectivity index (χ2v) is 5.05. The minimum atomic E-state index is -0.396. The molecule has 0 aromatic carbocycles. The van der Waals surface area contributed by atoms with E-state index in [9.17, 15) is 4.79 Å². The zero-order valence-electron chi connectivity index (χ0n) is 11.4. The Bertz CT molecular complexity index is 502. The molecule has 20 heavy (non-hydrogen) atoms. The summed E-state index contributed by atoms with van der Waals surface area (Å²) in [5, 5.41) is 16.2. The van der Waals surface area contributed by atoms with E-state index in [0.29, 0.717) is 18.8 Å².